The van der Waals surface area contributed by atoms with E-state index < -0.39 is 0 Å². The van der Waals surface area contributed by atoms with Crippen LogP contribution in [0, 0.1) is 12.8 Å². The summed E-state index contributed by atoms with van der Waals surface area (Å²) in [5, 5.41) is 3.19. The van der Waals surface area contributed by atoms with Crippen LogP contribution in [0.15, 0.2) is 36.4 Å². The first-order valence-corrected chi connectivity index (χ1v) is 6.21. The lowest BCUT2D eigenvalue weighted by molar-refractivity contribution is 0.832. The third kappa shape index (κ3) is 3.77. The Morgan fingerprint density at radius 1 is 1.29 bits per heavy atom. The molecule has 0 aliphatic carbocycles. The van der Waals surface area contributed by atoms with E-state index in [1.165, 1.54) is 16.7 Å². The summed E-state index contributed by atoms with van der Waals surface area (Å²) < 4.78 is 0. The fourth-order valence-electron chi connectivity index (χ4n) is 1.73. The predicted molar refractivity (Wildman–Crippen MR) is 78.4 cm³/mol. The monoisotopic (exact) mass is 229 g/mol. The molecular weight excluding hydrogens is 206 g/mol. The summed E-state index contributed by atoms with van der Waals surface area (Å²) in [6, 6.07) is 6.47. The highest BCUT2D eigenvalue weighted by molar-refractivity contribution is 5.77. The van der Waals surface area contributed by atoms with Gasteiger partial charge in [-0.1, -0.05) is 38.1 Å². The molecule has 0 bridgehead atoms. The molecule has 0 amide bonds. The first kappa shape index (κ1) is 13.6. The first-order valence-electron chi connectivity index (χ1n) is 6.21. The van der Waals surface area contributed by atoms with Gasteiger partial charge in [0.1, 0.15) is 0 Å². The van der Waals surface area contributed by atoms with E-state index in [2.05, 4.69) is 69.4 Å². The van der Waals surface area contributed by atoms with E-state index in [0.29, 0.717) is 5.92 Å². The number of allylic oxidation sites excluding steroid dienone is 4. The highest BCUT2D eigenvalue weighted by atomic mass is 14.8. The minimum Gasteiger partial charge on any atom is -0.388 e. The maximum Gasteiger partial charge on any atom is 0.0343 e. The maximum absolute atomic E-state index is 3.19. The molecule has 0 spiro atoms. The minimum atomic E-state index is 0.581. The molecule has 0 saturated heterocycles. The SMILES string of the molecule is C/C=C(\C=C/C(C)C)c1cc(NC)ccc1C. The van der Waals surface area contributed by atoms with Gasteiger partial charge in [0, 0.05) is 12.7 Å². The Morgan fingerprint density at radius 3 is 2.53 bits per heavy atom. The summed E-state index contributed by atoms with van der Waals surface area (Å²) in [6.07, 6.45) is 6.62. The van der Waals surface area contributed by atoms with Crippen molar-refractivity contribution >= 4 is 11.3 Å². The zero-order chi connectivity index (χ0) is 12.8. The van der Waals surface area contributed by atoms with Crippen molar-refractivity contribution in [2.75, 3.05) is 12.4 Å². The molecule has 0 unspecified atom stereocenters. The Morgan fingerprint density at radius 2 is 2.00 bits per heavy atom. The molecule has 1 rings (SSSR count). The number of nitrogens with one attached hydrogen (secondary N) is 1. The van der Waals surface area contributed by atoms with Gasteiger partial charge in [-0.15, -0.1) is 0 Å². The number of hydrogen-bond donors (Lipinski definition) is 1. The van der Waals surface area contributed by atoms with E-state index in [1.54, 1.807) is 0 Å². The topological polar surface area (TPSA) is 12.0 Å². The predicted octanol–water partition coefficient (Wildman–Crippen LogP) is 4.65. The van der Waals surface area contributed by atoms with Gasteiger partial charge in [0.25, 0.3) is 0 Å². The molecule has 1 heteroatoms. The van der Waals surface area contributed by atoms with Gasteiger partial charge in [0.2, 0.25) is 0 Å². The molecule has 1 aromatic carbocycles. The smallest absolute Gasteiger partial charge is 0.0343 e. The van der Waals surface area contributed by atoms with Crippen LogP contribution < -0.4 is 5.32 Å². The number of rotatable bonds is 4. The molecule has 0 radical (unpaired) electrons. The third-order valence-corrected chi connectivity index (χ3v) is 2.81. The summed E-state index contributed by atoms with van der Waals surface area (Å²) in [7, 11) is 1.95. The van der Waals surface area contributed by atoms with Gasteiger partial charge in [-0.3, -0.25) is 0 Å². The summed E-state index contributed by atoms with van der Waals surface area (Å²) >= 11 is 0. The van der Waals surface area contributed by atoms with Gasteiger partial charge in [0.05, 0.1) is 0 Å². The lowest BCUT2D eigenvalue weighted by Crippen LogP contribution is -1.93. The van der Waals surface area contributed by atoms with Crippen molar-refractivity contribution in [3.63, 3.8) is 0 Å². The van der Waals surface area contributed by atoms with E-state index in [0.717, 1.165) is 5.69 Å². The van der Waals surface area contributed by atoms with Gasteiger partial charge in [0.15, 0.2) is 0 Å². The van der Waals surface area contributed by atoms with Crippen LogP contribution in [0.3, 0.4) is 0 Å². The quantitative estimate of drug-likeness (QED) is 0.741. The van der Waals surface area contributed by atoms with Crippen LogP contribution >= 0.6 is 0 Å². The maximum atomic E-state index is 3.19. The largest absolute Gasteiger partial charge is 0.388 e. The molecule has 0 saturated carbocycles. The molecule has 0 aromatic heterocycles. The van der Waals surface area contributed by atoms with E-state index in [4.69, 9.17) is 0 Å². The number of benzene rings is 1. The van der Waals surface area contributed by atoms with Crippen molar-refractivity contribution < 1.29 is 0 Å². The second kappa shape index (κ2) is 6.29. The summed E-state index contributed by atoms with van der Waals surface area (Å²) in [6.45, 7) is 8.63. The lowest BCUT2D eigenvalue weighted by Gasteiger charge is -2.10. The van der Waals surface area contributed by atoms with Crippen molar-refractivity contribution in [1.82, 2.24) is 0 Å². The van der Waals surface area contributed by atoms with E-state index >= 15 is 0 Å². The third-order valence-electron chi connectivity index (χ3n) is 2.81. The Balaban J connectivity index is 3.12. The molecule has 17 heavy (non-hydrogen) atoms. The molecule has 0 aliphatic heterocycles. The average molecular weight is 229 g/mol. The molecule has 92 valence electrons. The van der Waals surface area contributed by atoms with Gasteiger partial charge < -0.3 is 5.32 Å². The first-order chi connectivity index (χ1) is 8.08. The Labute approximate surface area is 105 Å². The number of aryl methyl sites for hydroxylation is 1. The van der Waals surface area contributed by atoms with E-state index in [-0.39, 0.29) is 0 Å². The highest BCUT2D eigenvalue weighted by Crippen LogP contribution is 2.24. The molecule has 0 atom stereocenters. The standard InChI is InChI=1S/C16H23N/c1-6-14(9-7-12(2)3)16-11-15(17-5)10-8-13(16)4/h6-12,17H,1-5H3/b9-7-,14-6+. The fraction of sp³-hybridized carbons (Fsp3) is 0.375. The molecule has 0 heterocycles. The van der Waals surface area contributed by atoms with Crippen molar-refractivity contribution in [2.24, 2.45) is 5.92 Å². The fourth-order valence-corrected chi connectivity index (χ4v) is 1.73. The highest BCUT2D eigenvalue weighted by Gasteiger charge is 2.03. The molecule has 0 aliphatic rings. The van der Waals surface area contributed by atoms with Crippen molar-refractivity contribution in [3.05, 3.63) is 47.6 Å². The molecule has 1 N–H and O–H groups in total. The Hall–Kier alpha value is -1.50. The normalized spacial score (nSPS) is 12.5. The van der Waals surface area contributed by atoms with Crippen molar-refractivity contribution in [3.8, 4) is 0 Å². The minimum absolute atomic E-state index is 0.581. The van der Waals surface area contributed by atoms with Gasteiger partial charge in [-0.2, -0.15) is 0 Å². The van der Waals surface area contributed by atoms with Crippen LogP contribution in [0.1, 0.15) is 31.9 Å². The van der Waals surface area contributed by atoms with Crippen LogP contribution in [-0.2, 0) is 0 Å². The van der Waals surface area contributed by atoms with Crippen LogP contribution in [0.4, 0.5) is 5.69 Å². The zero-order valence-electron chi connectivity index (χ0n) is 11.5. The lowest BCUT2D eigenvalue weighted by atomic mass is 9.98. The van der Waals surface area contributed by atoms with E-state index in [1.807, 2.05) is 7.05 Å². The number of anilines is 1. The second-order valence-corrected chi connectivity index (χ2v) is 4.63. The Bertz CT molecular complexity index is 425. The molecular formula is C16H23N. The summed E-state index contributed by atoms with van der Waals surface area (Å²) in [5.74, 6) is 0.581. The average Bonchev–Trinajstić information content (AvgIpc) is 2.31. The van der Waals surface area contributed by atoms with Gasteiger partial charge in [-0.05, 0) is 48.6 Å². The number of hydrogen-bond acceptors (Lipinski definition) is 1. The van der Waals surface area contributed by atoms with Gasteiger partial charge in [-0.25, -0.2) is 0 Å². The van der Waals surface area contributed by atoms with E-state index in [9.17, 15) is 0 Å². The molecule has 1 nitrogen and oxygen atoms in total. The Kier molecular flexibility index (Phi) is 5.02. The van der Waals surface area contributed by atoms with Crippen LogP contribution in [0.5, 0.6) is 0 Å². The summed E-state index contributed by atoms with van der Waals surface area (Å²) in [5.41, 5.74) is 5.05. The molecule has 1 aromatic rings. The van der Waals surface area contributed by atoms with Crippen molar-refractivity contribution in [2.45, 2.75) is 27.7 Å². The van der Waals surface area contributed by atoms with Crippen LogP contribution in [0.25, 0.3) is 5.57 Å². The second-order valence-electron chi connectivity index (χ2n) is 4.63. The van der Waals surface area contributed by atoms with Crippen molar-refractivity contribution in [1.29, 1.82) is 0 Å². The van der Waals surface area contributed by atoms with Crippen LogP contribution in [0.2, 0.25) is 0 Å². The summed E-state index contributed by atoms with van der Waals surface area (Å²) in [4.78, 5) is 0. The molecule has 0 fully saturated rings. The van der Waals surface area contributed by atoms with Gasteiger partial charge >= 0.3 is 0 Å². The van der Waals surface area contributed by atoms with Crippen LogP contribution in [-0.4, -0.2) is 7.05 Å². The zero-order valence-corrected chi connectivity index (χ0v) is 11.5.